The molecule has 22 heavy (non-hydrogen) atoms. The van der Waals surface area contributed by atoms with Crippen LogP contribution in [0.2, 0.25) is 0 Å². The van der Waals surface area contributed by atoms with E-state index in [2.05, 4.69) is 20.6 Å². The Labute approximate surface area is 127 Å². The second-order valence-electron chi connectivity index (χ2n) is 5.51. The predicted molar refractivity (Wildman–Crippen MR) is 81.4 cm³/mol. The van der Waals surface area contributed by atoms with Crippen molar-refractivity contribution in [2.75, 3.05) is 25.1 Å². The van der Waals surface area contributed by atoms with Gasteiger partial charge >= 0.3 is 6.01 Å². The Morgan fingerprint density at radius 1 is 1.32 bits per heavy atom. The molecule has 0 saturated carbocycles. The van der Waals surface area contributed by atoms with Crippen LogP contribution in [0.3, 0.4) is 0 Å². The Hall–Kier alpha value is -2.41. The fraction of sp³-hybridized carbons (Fsp3) is 0.400. The van der Waals surface area contributed by atoms with Crippen LogP contribution in [-0.4, -0.2) is 39.7 Å². The molecule has 114 valence electrons. The number of anilines is 1. The van der Waals surface area contributed by atoms with E-state index < -0.39 is 0 Å². The summed E-state index contributed by atoms with van der Waals surface area (Å²) in [4.78, 5) is 0. The number of nitrogens with one attached hydrogen (secondary N) is 1. The molecule has 1 unspecified atom stereocenters. The Kier molecular flexibility index (Phi) is 3.27. The van der Waals surface area contributed by atoms with Crippen LogP contribution in [0.25, 0.3) is 22.5 Å². The number of benzene rings is 1. The van der Waals surface area contributed by atoms with Gasteiger partial charge in [-0.2, -0.15) is 5.10 Å². The van der Waals surface area contributed by atoms with Gasteiger partial charge in [0.2, 0.25) is 0 Å². The zero-order valence-electron chi connectivity index (χ0n) is 12.3. The summed E-state index contributed by atoms with van der Waals surface area (Å²) in [6.07, 6.45) is 1.07. The van der Waals surface area contributed by atoms with Crippen molar-refractivity contribution in [2.24, 2.45) is 13.0 Å². The number of ether oxygens (including phenoxy) is 1. The molecule has 1 aliphatic heterocycles. The first-order valence-corrected chi connectivity index (χ1v) is 7.38. The minimum Gasteiger partial charge on any atom is -0.402 e. The van der Waals surface area contributed by atoms with Crippen LogP contribution in [0, 0.1) is 5.92 Å². The van der Waals surface area contributed by atoms with Gasteiger partial charge in [0.1, 0.15) is 0 Å². The Bertz CT molecular complexity index is 788. The van der Waals surface area contributed by atoms with Crippen LogP contribution in [0.4, 0.5) is 6.01 Å². The smallest absolute Gasteiger partial charge is 0.315 e. The minimum atomic E-state index is 0.427. The van der Waals surface area contributed by atoms with Crippen molar-refractivity contribution >= 4 is 16.9 Å². The number of fused-ring (bicyclic) bond motifs is 1. The number of hydrogen-bond donors (Lipinski definition) is 1. The maximum absolute atomic E-state index is 5.70. The van der Waals surface area contributed by atoms with Crippen molar-refractivity contribution in [3.63, 3.8) is 0 Å². The fourth-order valence-electron chi connectivity index (χ4n) is 2.74. The average Bonchev–Trinajstić information content (AvgIpc) is 3.26. The zero-order valence-corrected chi connectivity index (χ0v) is 12.3. The molecule has 1 fully saturated rings. The molecular weight excluding hydrogens is 282 g/mol. The molecule has 0 spiro atoms. The summed E-state index contributed by atoms with van der Waals surface area (Å²) in [5.74, 6) is 0.938. The van der Waals surface area contributed by atoms with Gasteiger partial charge in [0.25, 0.3) is 5.89 Å². The summed E-state index contributed by atoms with van der Waals surface area (Å²) in [5, 5.41) is 16.8. The van der Waals surface area contributed by atoms with E-state index in [0.717, 1.165) is 37.1 Å². The molecule has 1 N–H and O–H groups in total. The second-order valence-corrected chi connectivity index (χ2v) is 5.51. The standard InChI is InChI=1S/C15H17N5O2/c1-20-12-5-3-2-4-11(12)13(19-20)14-17-18-15(22-14)16-8-10-6-7-21-9-10/h2-5,10H,6-9H2,1H3,(H,16,18). The van der Waals surface area contributed by atoms with E-state index in [1.807, 2.05) is 36.0 Å². The van der Waals surface area contributed by atoms with E-state index in [-0.39, 0.29) is 0 Å². The van der Waals surface area contributed by atoms with E-state index in [4.69, 9.17) is 9.15 Å². The lowest BCUT2D eigenvalue weighted by molar-refractivity contribution is 0.187. The van der Waals surface area contributed by atoms with Gasteiger partial charge in [0.05, 0.1) is 12.1 Å². The highest BCUT2D eigenvalue weighted by Gasteiger charge is 2.19. The number of aromatic nitrogens is 4. The summed E-state index contributed by atoms with van der Waals surface area (Å²) < 4.78 is 12.9. The highest BCUT2D eigenvalue weighted by Crippen LogP contribution is 2.27. The molecule has 1 saturated heterocycles. The van der Waals surface area contributed by atoms with Gasteiger partial charge in [-0.3, -0.25) is 4.68 Å². The maximum Gasteiger partial charge on any atom is 0.315 e. The van der Waals surface area contributed by atoms with Gasteiger partial charge in [-0.25, -0.2) is 0 Å². The zero-order chi connectivity index (χ0) is 14.9. The van der Waals surface area contributed by atoms with E-state index in [1.165, 1.54) is 0 Å². The van der Waals surface area contributed by atoms with Gasteiger partial charge in [-0.05, 0) is 12.5 Å². The molecule has 3 aromatic rings. The summed E-state index contributed by atoms with van der Waals surface area (Å²) in [7, 11) is 1.90. The van der Waals surface area contributed by atoms with Crippen LogP contribution in [0.1, 0.15) is 6.42 Å². The molecule has 1 aliphatic rings. The third-order valence-corrected chi connectivity index (χ3v) is 3.95. The number of hydrogen-bond acceptors (Lipinski definition) is 6. The average molecular weight is 299 g/mol. The van der Waals surface area contributed by atoms with E-state index in [1.54, 1.807) is 0 Å². The van der Waals surface area contributed by atoms with Crippen molar-refractivity contribution < 1.29 is 9.15 Å². The van der Waals surface area contributed by atoms with Crippen molar-refractivity contribution in [3.8, 4) is 11.6 Å². The molecular formula is C15H17N5O2. The molecule has 0 amide bonds. The fourth-order valence-corrected chi connectivity index (χ4v) is 2.74. The first-order valence-electron chi connectivity index (χ1n) is 7.38. The van der Waals surface area contributed by atoms with Crippen molar-refractivity contribution in [1.29, 1.82) is 0 Å². The molecule has 2 aromatic heterocycles. The first kappa shape index (κ1) is 13.3. The molecule has 1 atom stereocenters. The van der Waals surface area contributed by atoms with Gasteiger partial charge in [-0.15, -0.1) is 5.10 Å². The highest BCUT2D eigenvalue weighted by atomic mass is 16.5. The molecule has 1 aromatic carbocycles. The topological polar surface area (TPSA) is 78.0 Å². The monoisotopic (exact) mass is 299 g/mol. The lowest BCUT2D eigenvalue weighted by atomic mass is 10.1. The first-order chi connectivity index (χ1) is 10.8. The molecule has 7 nitrogen and oxygen atoms in total. The lowest BCUT2D eigenvalue weighted by Gasteiger charge is -2.05. The summed E-state index contributed by atoms with van der Waals surface area (Å²) in [6, 6.07) is 8.41. The van der Waals surface area contributed by atoms with Crippen LogP contribution in [0.15, 0.2) is 28.7 Å². The summed E-state index contributed by atoms with van der Waals surface area (Å²) >= 11 is 0. The van der Waals surface area contributed by atoms with Gasteiger partial charge in [-0.1, -0.05) is 23.3 Å². The predicted octanol–water partition coefficient (Wildman–Crippen LogP) is 2.07. The minimum absolute atomic E-state index is 0.427. The Morgan fingerprint density at radius 3 is 3.09 bits per heavy atom. The number of nitrogens with zero attached hydrogens (tertiary/aromatic N) is 4. The van der Waals surface area contributed by atoms with Crippen LogP contribution >= 0.6 is 0 Å². The van der Waals surface area contributed by atoms with Crippen LogP contribution < -0.4 is 5.32 Å². The Balaban J connectivity index is 1.57. The second kappa shape index (κ2) is 5.42. The number of rotatable bonds is 4. The van der Waals surface area contributed by atoms with Crippen molar-refractivity contribution in [2.45, 2.75) is 6.42 Å². The molecule has 0 aliphatic carbocycles. The normalized spacial score (nSPS) is 18.1. The third kappa shape index (κ3) is 2.33. The van der Waals surface area contributed by atoms with Crippen molar-refractivity contribution in [3.05, 3.63) is 24.3 Å². The number of para-hydroxylation sites is 1. The molecule has 0 bridgehead atoms. The SMILES string of the molecule is Cn1nc(-c2nnc(NCC3CCOC3)o2)c2ccccc21. The van der Waals surface area contributed by atoms with Crippen molar-refractivity contribution in [1.82, 2.24) is 20.0 Å². The van der Waals surface area contributed by atoms with E-state index >= 15 is 0 Å². The summed E-state index contributed by atoms with van der Waals surface area (Å²) in [5.41, 5.74) is 1.75. The van der Waals surface area contributed by atoms with Crippen LogP contribution in [-0.2, 0) is 11.8 Å². The van der Waals surface area contributed by atoms with Gasteiger partial charge in [0.15, 0.2) is 5.69 Å². The van der Waals surface area contributed by atoms with Crippen LogP contribution in [0.5, 0.6) is 0 Å². The lowest BCUT2D eigenvalue weighted by Crippen LogP contribution is -2.14. The highest BCUT2D eigenvalue weighted by molar-refractivity contribution is 5.91. The van der Waals surface area contributed by atoms with E-state index in [9.17, 15) is 0 Å². The largest absolute Gasteiger partial charge is 0.402 e. The maximum atomic E-state index is 5.70. The van der Waals surface area contributed by atoms with Gasteiger partial charge in [0, 0.05) is 31.5 Å². The molecule has 3 heterocycles. The number of aryl methyl sites for hydroxylation is 1. The Morgan fingerprint density at radius 2 is 2.23 bits per heavy atom. The molecule has 4 rings (SSSR count). The molecule has 7 heteroatoms. The quantitative estimate of drug-likeness (QED) is 0.794. The molecule has 0 radical (unpaired) electrons. The third-order valence-electron chi connectivity index (χ3n) is 3.95. The van der Waals surface area contributed by atoms with Gasteiger partial charge < -0.3 is 14.5 Å². The summed E-state index contributed by atoms with van der Waals surface area (Å²) in [6.45, 7) is 2.41. The van der Waals surface area contributed by atoms with E-state index in [0.29, 0.717) is 23.5 Å².